The van der Waals surface area contributed by atoms with Gasteiger partial charge in [-0.2, -0.15) is 9.36 Å². The van der Waals surface area contributed by atoms with Crippen LogP contribution in [0.2, 0.25) is 0 Å². The summed E-state index contributed by atoms with van der Waals surface area (Å²) in [6.07, 6.45) is 1.05. The average Bonchev–Trinajstić information content (AvgIpc) is 3.36. The lowest BCUT2D eigenvalue weighted by Gasteiger charge is -2.25. The zero-order chi connectivity index (χ0) is 29.5. The molecule has 2 aromatic carbocycles. The first kappa shape index (κ1) is 35.8. The van der Waals surface area contributed by atoms with Gasteiger partial charge in [-0.25, -0.2) is 0 Å². The van der Waals surface area contributed by atoms with Crippen LogP contribution in [0.1, 0.15) is 86.8 Å². The Balaban J connectivity index is 0.000000432. The SMILES string of the molecule is CCN(C)C(C)c1cc(C)c(Oc2nc(C(C)(C)C)ns2)cc1C.CCN(C)CCc1cc(C)c(O)cc1C.Cl. The van der Waals surface area contributed by atoms with Crippen LogP contribution in [0, 0.1) is 27.7 Å². The second-order valence-electron chi connectivity index (χ2n) is 11.7. The van der Waals surface area contributed by atoms with Crippen LogP contribution in [0.4, 0.5) is 0 Å². The highest BCUT2D eigenvalue weighted by molar-refractivity contribution is 7.07. The van der Waals surface area contributed by atoms with Gasteiger partial charge < -0.3 is 14.7 Å². The third-order valence-electron chi connectivity index (χ3n) is 7.41. The summed E-state index contributed by atoms with van der Waals surface area (Å²) in [6.45, 7) is 24.3. The maximum atomic E-state index is 9.54. The van der Waals surface area contributed by atoms with E-state index in [4.69, 9.17) is 4.74 Å². The van der Waals surface area contributed by atoms with Crippen LogP contribution < -0.4 is 4.74 Å². The summed E-state index contributed by atoms with van der Waals surface area (Å²) in [5.74, 6) is 2.09. The molecular weight excluding hydrogens is 540 g/mol. The lowest BCUT2D eigenvalue weighted by atomic mass is 9.96. The molecule has 0 aliphatic rings. The molecule has 1 aromatic heterocycles. The molecule has 1 N–H and O–H groups in total. The Morgan fingerprint density at radius 1 is 0.925 bits per heavy atom. The molecule has 3 aromatic rings. The molecule has 6 nitrogen and oxygen atoms in total. The molecule has 0 saturated heterocycles. The fourth-order valence-corrected chi connectivity index (χ4v) is 4.87. The molecule has 0 saturated carbocycles. The summed E-state index contributed by atoms with van der Waals surface area (Å²) < 4.78 is 10.4. The fourth-order valence-electron chi connectivity index (χ4n) is 4.13. The van der Waals surface area contributed by atoms with Crippen LogP contribution in [0.5, 0.6) is 16.7 Å². The Hall–Kier alpha value is -2.19. The van der Waals surface area contributed by atoms with E-state index in [0.29, 0.717) is 17.0 Å². The molecule has 0 aliphatic carbocycles. The standard InChI is InChI=1S/C19H29N3OS.C13H21NO.ClH/c1-9-22(8)14(4)15-10-13(3)16(11-12(15)2)23-18-20-17(21-24-18)19(5,6)7;1-5-14(4)7-6-12-8-11(3)13(15)9-10(12)2;/h10-11,14H,9H2,1-8H3;8-9,15H,5-7H2,1-4H3;1H. The number of hydrogen-bond acceptors (Lipinski definition) is 7. The lowest BCUT2D eigenvalue weighted by molar-refractivity contribution is 0.275. The van der Waals surface area contributed by atoms with E-state index in [0.717, 1.165) is 48.8 Å². The van der Waals surface area contributed by atoms with Crippen LogP contribution in [-0.2, 0) is 11.8 Å². The second kappa shape index (κ2) is 15.7. The van der Waals surface area contributed by atoms with E-state index in [-0.39, 0.29) is 17.8 Å². The molecule has 1 heterocycles. The normalized spacial score (nSPS) is 12.2. The molecule has 1 atom stereocenters. The summed E-state index contributed by atoms with van der Waals surface area (Å²) >= 11 is 1.31. The molecule has 0 bridgehead atoms. The van der Waals surface area contributed by atoms with Crippen molar-refractivity contribution in [1.29, 1.82) is 0 Å². The summed E-state index contributed by atoms with van der Waals surface area (Å²) in [5, 5.41) is 10.1. The Kier molecular flexibility index (Phi) is 14.1. The minimum Gasteiger partial charge on any atom is -0.508 e. The van der Waals surface area contributed by atoms with Gasteiger partial charge in [0, 0.05) is 29.5 Å². The van der Waals surface area contributed by atoms with Crippen molar-refractivity contribution in [3.63, 3.8) is 0 Å². The van der Waals surface area contributed by atoms with E-state index in [9.17, 15) is 5.11 Å². The third kappa shape index (κ3) is 10.0. The van der Waals surface area contributed by atoms with Gasteiger partial charge in [-0.3, -0.25) is 4.90 Å². The van der Waals surface area contributed by atoms with Crippen molar-refractivity contribution in [1.82, 2.24) is 19.2 Å². The maximum Gasteiger partial charge on any atom is 0.298 e. The van der Waals surface area contributed by atoms with Gasteiger partial charge in [0.25, 0.3) is 5.19 Å². The molecule has 40 heavy (non-hydrogen) atoms. The Bertz CT molecular complexity index is 1220. The number of halogens is 1. The van der Waals surface area contributed by atoms with Gasteiger partial charge in [0.15, 0.2) is 5.82 Å². The molecule has 0 aliphatic heterocycles. The molecule has 224 valence electrons. The van der Waals surface area contributed by atoms with Crippen molar-refractivity contribution in [3.8, 4) is 16.7 Å². The summed E-state index contributed by atoms with van der Waals surface area (Å²) in [4.78, 5) is 9.15. The van der Waals surface area contributed by atoms with E-state index < -0.39 is 0 Å². The zero-order valence-corrected chi connectivity index (χ0v) is 28.3. The Labute approximate surface area is 253 Å². The molecule has 3 rings (SSSR count). The van der Waals surface area contributed by atoms with Gasteiger partial charge in [0.05, 0.1) is 0 Å². The van der Waals surface area contributed by atoms with Crippen molar-refractivity contribution in [2.24, 2.45) is 0 Å². The molecule has 0 spiro atoms. The molecule has 0 fully saturated rings. The molecular formula is C32H51ClN4O2S. The Morgan fingerprint density at radius 2 is 1.57 bits per heavy atom. The maximum absolute atomic E-state index is 9.54. The van der Waals surface area contributed by atoms with Crippen molar-refractivity contribution in [2.45, 2.75) is 87.1 Å². The molecule has 0 radical (unpaired) electrons. The topological polar surface area (TPSA) is 61.7 Å². The van der Waals surface area contributed by atoms with Crippen LogP contribution in [0.3, 0.4) is 0 Å². The van der Waals surface area contributed by atoms with E-state index in [1.165, 1.54) is 33.8 Å². The van der Waals surface area contributed by atoms with Gasteiger partial charge >= 0.3 is 0 Å². The van der Waals surface area contributed by atoms with Gasteiger partial charge in [-0.05, 0) is 114 Å². The largest absolute Gasteiger partial charge is 0.508 e. The van der Waals surface area contributed by atoms with Crippen molar-refractivity contribution < 1.29 is 9.84 Å². The van der Waals surface area contributed by atoms with E-state index in [1.54, 1.807) is 0 Å². The first-order valence-electron chi connectivity index (χ1n) is 14.0. The summed E-state index contributed by atoms with van der Waals surface area (Å²) in [7, 11) is 4.28. The number of aromatic nitrogens is 2. The smallest absolute Gasteiger partial charge is 0.298 e. The molecule has 1 unspecified atom stereocenters. The minimum absolute atomic E-state index is 0. The predicted molar refractivity (Wildman–Crippen MR) is 173 cm³/mol. The highest BCUT2D eigenvalue weighted by Gasteiger charge is 2.21. The zero-order valence-electron chi connectivity index (χ0n) is 26.7. The summed E-state index contributed by atoms with van der Waals surface area (Å²) in [6, 6.07) is 8.68. The highest BCUT2D eigenvalue weighted by Crippen LogP contribution is 2.33. The van der Waals surface area contributed by atoms with E-state index >= 15 is 0 Å². The number of phenols is 1. The number of likely N-dealkylation sites (N-methyl/N-ethyl adjacent to an activating group) is 1. The quantitative estimate of drug-likeness (QED) is 0.271. The number of aryl methyl sites for hydroxylation is 4. The Morgan fingerprint density at radius 3 is 2.12 bits per heavy atom. The van der Waals surface area contributed by atoms with Crippen molar-refractivity contribution in [3.05, 3.63) is 63.5 Å². The number of nitrogens with zero attached hydrogens (tertiary/aromatic N) is 4. The van der Waals surface area contributed by atoms with E-state index in [1.807, 2.05) is 13.0 Å². The number of rotatable bonds is 9. The lowest BCUT2D eigenvalue weighted by Crippen LogP contribution is -2.22. The van der Waals surface area contributed by atoms with Gasteiger partial charge in [0.2, 0.25) is 0 Å². The summed E-state index contributed by atoms with van der Waals surface area (Å²) in [5.41, 5.74) is 7.14. The molecule has 8 heteroatoms. The van der Waals surface area contributed by atoms with Gasteiger partial charge in [-0.1, -0.05) is 46.8 Å². The van der Waals surface area contributed by atoms with Gasteiger partial charge in [-0.15, -0.1) is 12.4 Å². The van der Waals surface area contributed by atoms with Crippen LogP contribution in [0.15, 0.2) is 24.3 Å². The number of ether oxygens (including phenoxy) is 1. The number of phenolic OH excluding ortho intramolecular Hbond substituents is 1. The predicted octanol–water partition coefficient (Wildman–Crippen LogP) is 8.18. The van der Waals surface area contributed by atoms with Crippen LogP contribution >= 0.6 is 23.9 Å². The monoisotopic (exact) mass is 590 g/mol. The number of aromatic hydroxyl groups is 1. The number of benzene rings is 2. The second-order valence-corrected chi connectivity index (χ2v) is 12.4. The fraction of sp³-hybridized carbons (Fsp3) is 0.562. The van der Waals surface area contributed by atoms with Crippen LogP contribution in [0.25, 0.3) is 0 Å². The average molecular weight is 591 g/mol. The van der Waals surface area contributed by atoms with Gasteiger partial charge in [0.1, 0.15) is 11.5 Å². The molecule has 0 amide bonds. The van der Waals surface area contributed by atoms with Crippen molar-refractivity contribution >= 4 is 23.9 Å². The van der Waals surface area contributed by atoms with Crippen molar-refractivity contribution in [2.75, 3.05) is 33.7 Å². The highest BCUT2D eigenvalue weighted by atomic mass is 35.5. The third-order valence-corrected chi connectivity index (χ3v) is 8.00. The minimum atomic E-state index is -0.0624. The van der Waals surface area contributed by atoms with Crippen LogP contribution in [-0.4, -0.2) is 58.0 Å². The van der Waals surface area contributed by atoms with E-state index in [2.05, 4.69) is 114 Å². The first-order valence-corrected chi connectivity index (χ1v) is 14.8. The number of hydrogen-bond donors (Lipinski definition) is 1. The first-order chi connectivity index (χ1) is 18.2.